The SMILES string of the molecule is O=S(=O)(c1cccc2cccnc12)N(CC1CC1)C1CCN(CCc2ccccn2)CC1. The summed E-state index contributed by atoms with van der Waals surface area (Å²) in [7, 11) is -3.61. The van der Waals surface area contributed by atoms with Gasteiger partial charge in [0.1, 0.15) is 4.90 Å². The molecule has 7 heteroatoms. The van der Waals surface area contributed by atoms with Crippen LogP contribution in [0.4, 0.5) is 0 Å². The van der Waals surface area contributed by atoms with Gasteiger partial charge in [-0.05, 0) is 69.0 Å². The smallest absolute Gasteiger partial charge is 0.245 e. The molecule has 1 aliphatic carbocycles. The summed E-state index contributed by atoms with van der Waals surface area (Å²) in [4.78, 5) is 11.6. The van der Waals surface area contributed by atoms with Gasteiger partial charge in [-0.15, -0.1) is 0 Å². The minimum Gasteiger partial charge on any atom is -0.303 e. The monoisotopic (exact) mass is 450 g/mol. The Balaban J connectivity index is 1.32. The van der Waals surface area contributed by atoms with Crippen LogP contribution >= 0.6 is 0 Å². The summed E-state index contributed by atoms with van der Waals surface area (Å²) in [5, 5.41) is 0.865. The molecule has 2 aliphatic rings. The van der Waals surface area contributed by atoms with E-state index < -0.39 is 10.0 Å². The van der Waals surface area contributed by atoms with Crippen molar-refractivity contribution in [3.05, 3.63) is 66.6 Å². The van der Waals surface area contributed by atoms with Crippen LogP contribution in [0.25, 0.3) is 10.9 Å². The molecule has 32 heavy (non-hydrogen) atoms. The Labute approximate surface area is 190 Å². The molecule has 1 aliphatic heterocycles. The first-order chi connectivity index (χ1) is 15.6. The summed E-state index contributed by atoms with van der Waals surface area (Å²) in [5.74, 6) is 0.495. The number of rotatable bonds is 8. The Kier molecular flexibility index (Phi) is 6.22. The third-order valence-electron chi connectivity index (χ3n) is 6.69. The lowest BCUT2D eigenvalue weighted by Gasteiger charge is -2.38. The first kappa shape index (κ1) is 21.5. The van der Waals surface area contributed by atoms with Crippen LogP contribution < -0.4 is 0 Å². The Morgan fingerprint density at radius 1 is 0.906 bits per heavy atom. The maximum atomic E-state index is 13.9. The molecule has 5 rings (SSSR count). The number of para-hydroxylation sites is 1. The van der Waals surface area contributed by atoms with E-state index >= 15 is 0 Å². The molecule has 3 aromatic rings. The zero-order chi connectivity index (χ0) is 22.0. The maximum absolute atomic E-state index is 13.9. The highest BCUT2D eigenvalue weighted by Crippen LogP contribution is 2.35. The predicted octanol–water partition coefficient (Wildman–Crippen LogP) is 3.74. The van der Waals surface area contributed by atoms with Gasteiger partial charge in [0.15, 0.2) is 0 Å². The van der Waals surface area contributed by atoms with Crippen molar-refractivity contribution in [2.75, 3.05) is 26.2 Å². The highest BCUT2D eigenvalue weighted by Gasteiger charge is 2.38. The van der Waals surface area contributed by atoms with Crippen molar-refractivity contribution >= 4 is 20.9 Å². The lowest BCUT2D eigenvalue weighted by molar-refractivity contribution is 0.157. The minimum atomic E-state index is -3.61. The molecule has 0 spiro atoms. The van der Waals surface area contributed by atoms with E-state index in [2.05, 4.69) is 20.9 Å². The molecule has 1 saturated carbocycles. The van der Waals surface area contributed by atoms with E-state index in [-0.39, 0.29) is 6.04 Å². The molecular formula is C25H30N4O2S. The van der Waals surface area contributed by atoms with Crippen LogP contribution in [0.3, 0.4) is 0 Å². The lowest BCUT2D eigenvalue weighted by atomic mass is 10.0. The van der Waals surface area contributed by atoms with E-state index in [1.165, 1.54) is 0 Å². The van der Waals surface area contributed by atoms with Crippen LogP contribution in [-0.4, -0.2) is 59.8 Å². The number of pyridine rings is 2. The van der Waals surface area contributed by atoms with Gasteiger partial charge in [0.2, 0.25) is 10.0 Å². The van der Waals surface area contributed by atoms with E-state index in [1.54, 1.807) is 12.3 Å². The second kappa shape index (κ2) is 9.25. The molecule has 0 N–H and O–H groups in total. The number of piperidine rings is 1. The number of fused-ring (bicyclic) bond motifs is 1. The van der Waals surface area contributed by atoms with Crippen LogP contribution in [-0.2, 0) is 16.4 Å². The van der Waals surface area contributed by atoms with Gasteiger partial charge in [0.05, 0.1) is 5.52 Å². The third-order valence-corrected chi connectivity index (χ3v) is 8.64. The molecule has 168 valence electrons. The summed E-state index contributed by atoms with van der Waals surface area (Å²) in [6.07, 6.45) is 8.43. The molecule has 6 nitrogen and oxygen atoms in total. The van der Waals surface area contributed by atoms with Gasteiger partial charge in [-0.2, -0.15) is 4.31 Å². The van der Waals surface area contributed by atoms with Gasteiger partial charge < -0.3 is 4.90 Å². The first-order valence-electron chi connectivity index (χ1n) is 11.6. The fourth-order valence-electron chi connectivity index (χ4n) is 4.66. The number of nitrogens with zero attached hydrogens (tertiary/aromatic N) is 4. The van der Waals surface area contributed by atoms with E-state index in [9.17, 15) is 8.42 Å². The van der Waals surface area contributed by atoms with Crippen molar-refractivity contribution in [1.29, 1.82) is 0 Å². The van der Waals surface area contributed by atoms with Gasteiger partial charge in [-0.1, -0.05) is 24.3 Å². The van der Waals surface area contributed by atoms with Gasteiger partial charge >= 0.3 is 0 Å². The third kappa shape index (κ3) is 4.70. The van der Waals surface area contributed by atoms with Crippen molar-refractivity contribution in [2.24, 2.45) is 5.92 Å². The Morgan fingerprint density at radius 2 is 1.69 bits per heavy atom. The molecule has 0 unspecified atom stereocenters. The lowest BCUT2D eigenvalue weighted by Crippen LogP contribution is -2.48. The second-order valence-electron chi connectivity index (χ2n) is 8.99. The summed E-state index contributed by atoms with van der Waals surface area (Å²) >= 11 is 0. The number of benzene rings is 1. The summed E-state index contributed by atoms with van der Waals surface area (Å²) in [6.45, 7) is 3.43. The largest absolute Gasteiger partial charge is 0.303 e. The van der Waals surface area contributed by atoms with Gasteiger partial charge in [-0.25, -0.2) is 8.42 Å². The molecule has 1 aromatic carbocycles. The molecule has 0 amide bonds. The van der Waals surface area contributed by atoms with Crippen LogP contribution in [0.1, 0.15) is 31.4 Å². The highest BCUT2D eigenvalue weighted by molar-refractivity contribution is 7.89. The van der Waals surface area contributed by atoms with Crippen LogP contribution in [0.15, 0.2) is 65.8 Å². The topological polar surface area (TPSA) is 66.4 Å². The van der Waals surface area contributed by atoms with Gasteiger partial charge in [0, 0.05) is 49.0 Å². The Morgan fingerprint density at radius 3 is 2.44 bits per heavy atom. The first-order valence-corrected chi connectivity index (χ1v) is 13.0. The molecule has 2 aromatic heterocycles. The van der Waals surface area contributed by atoms with E-state index in [1.807, 2.05) is 46.9 Å². The quantitative estimate of drug-likeness (QED) is 0.523. The zero-order valence-electron chi connectivity index (χ0n) is 18.3. The molecule has 1 saturated heterocycles. The number of aromatic nitrogens is 2. The number of sulfonamides is 1. The van der Waals surface area contributed by atoms with Crippen LogP contribution in [0.2, 0.25) is 0 Å². The normalized spacial score (nSPS) is 18.4. The summed E-state index contributed by atoms with van der Waals surface area (Å²) < 4.78 is 29.5. The number of hydrogen-bond acceptors (Lipinski definition) is 5. The van der Waals surface area contributed by atoms with E-state index in [4.69, 9.17) is 0 Å². The summed E-state index contributed by atoms with van der Waals surface area (Å²) in [6, 6.07) is 15.3. The van der Waals surface area contributed by atoms with Crippen LogP contribution in [0, 0.1) is 5.92 Å². The van der Waals surface area contributed by atoms with Crippen molar-refractivity contribution in [3.8, 4) is 0 Å². The zero-order valence-corrected chi connectivity index (χ0v) is 19.1. The molecule has 3 heterocycles. The molecule has 2 fully saturated rings. The number of hydrogen-bond donors (Lipinski definition) is 0. The average Bonchev–Trinajstić information content (AvgIpc) is 3.66. The maximum Gasteiger partial charge on any atom is 0.245 e. The molecule has 0 radical (unpaired) electrons. The molecular weight excluding hydrogens is 420 g/mol. The van der Waals surface area contributed by atoms with Gasteiger partial charge in [-0.3, -0.25) is 9.97 Å². The van der Waals surface area contributed by atoms with Crippen molar-refractivity contribution in [3.63, 3.8) is 0 Å². The molecule has 0 atom stereocenters. The molecule has 0 bridgehead atoms. The summed E-state index contributed by atoms with van der Waals surface area (Å²) in [5.41, 5.74) is 1.68. The average molecular weight is 451 g/mol. The second-order valence-corrected chi connectivity index (χ2v) is 10.9. The van der Waals surface area contributed by atoms with Crippen molar-refractivity contribution < 1.29 is 8.42 Å². The fourth-order valence-corrected chi connectivity index (χ4v) is 6.59. The van der Waals surface area contributed by atoms with Gasteiger partial charge in [0.25, 0.3) is 0 Å². The minimum absolute atomic E-state index is 0.0469. The predicted molar refractivity (Wildman–Crippen MR) is 126 cm³/mol. The number of likely N-dealkylation sites (tertiary alicyclic amines) is 1. The van der Waals surface area contributed by atoms with Crippen molar-refractivity contribution in [2.45, 2.75) is 43.0 Å². The van der Waals surface area contributed by atoms with Crippen LogP contribution in [0.5, 0.6) is 0 Å². The highest BCUT2D eigenvalue weighted by atomic mass is 32.2. The van der Waals surface area contributed by atoms with Crippen molar-refractivity contribution in [1.82, 2.24) is 19.2 Å². The Hall–Kier alpha value is -2.35. The fraction of sp³-hybridized carbons (Fsp3) is 0.440. The standard InChI is InChI=1S/C25H30N4O2S/c30-32(31,24-8-3-5-21-6-4-15-27-25(21)24)29(19-20-9-10-20)23-12-17-28(18-13-23)16-11-22-7-1-2-14-26-22/h1-8,14-15,20,23H,9-13,16-19H2. The van der Waals surface area contributed by atoms with E-state index in [0.717, 1.165) is 62.8 Å². The Bertz CT molecular complexity index is 1150. The van der Waals surface area contributed by atoms with E-state index in [0.29, 0.717) is 22.9 Å².